The molecule has 1 heteroatoms. The first-order valence-electron chi connectivity index (χ1n) is 4.78. The monoisotopic (exact) mass is 153 g/mol. The van der Waals surface area contributed by atoms with Gasteiger partial charge < -0.3 is 5.32 Å². The van der Waals surface area contributed by atoms with Gasteiger partial charge in [0.1, 0.15) is 0 Å². The lowest BCUT2D eigenvalue weighted by molar-refractivity contribution is 0.163. The molecule has 0 aromatic rings. The molecule has 1 N–H and O–H groups in total. The van der Waals surface area contributed by atoms with Gasteiger partial charge >= 0.3 is 0 Å². The van der Waals surface area contributed by atoms with Gasteiger partial charge in [-0.25, -0.2) is 0 Å². The molecule has 0 aromatic carbocycles. The van der Waals surface area contributed by atoms with Crippen LogP contribution in [0.5, 0.6) is 0 Å². The lowest BCUT2D eigenvalue weighted by Gasteiger charge is -2.36. The first kappa shape index (κ1) is 7.60. The van der Waals surface area contributed by atoms with Gasteiger partial charge in [0.2, 0.25) is 0 Å². The quantitative estimate of drug-likeness (QED) is 0.560. The molecule has 0 radical (unpaired) electrons. The van der Waals surface area contributed by atoms with E-state index in [1.54, 1.807) is 0 Å². The molecule has 2 bridgehead atoms. The average molecular weight is 153 g/mol. The molecular weight excluding hydrogens is 134 g/mol. The van der Waals surface area contributed by atoms with Crippen molar-refractivity contribution < 1.29 is 0 Å². The van der Waals surface area contributed by atoms with Gasteiger partial charge in [-0.3, -0.25) is 0 Å². The van der Waals surface area contributed by atoms with Crippen LogP contribution >= 0.6 is 0 Å². The zero-order valence-electron chi connectivity index (χ0n) is 8.02. The maximum absolute atomic E-state index is 3.63. The molecule has 2 aliphatic rings. The highest BCUT2D eigenvalue weighted by Crippen LogP contribution is 2.52. The second kappa shape index (κ2) is 2.01. The van der Waals surface area contributed by atoms with Gasteiger partial charge in [-0.2, -0.15) is 0 Å². The molecule has 1 heterocycles. The summed E-state index contributed by atoms with van der Waals surface area (Å²) >= 11 is 0. The summed E-state index contributed by atoms with van der Waals surface area (Å²) in [7, 11) is 0. The van der Waals surface area contributed by atoms with Crippen molar-refractivity contribution in [3.8, 4) is 0 Å². The van der Waals surface area contributed by atoms with Crippen molar-refractivity contribution in [1.29, 1.82) is 0 Å². The van der Waals surface area contributed by atoms with E-state index in [0.29, 0.717) is 5.41 Å². The summed E-state index contributed by atoms with van der Waals surface area (Å²) in [5, 5.41) is 3.63. The zero-order valence-corrected chi connectivity index (χ0v) is 8.02. The van der Waals surface area contributed by atoms with Crippen LogP contribution in [-0.4, -0.2) is 12.6 Å². The van der Waals surface area contributed by atoms with Gasteiger partial charge in [0.15, 0.2) is 0 Å². The molecule has 4 atom stereocenters. The second-order valence-electron chi connectivity index (χ2n) is 5.02. The molecule has 1 saturated carbocycles. The Kier molecular flexibility index (Phi) is 1.39. The second-order valence-corrected chi connectivity index (χ2v) is 5.02. The van der Waals surface area contributed by atoms with Gasteiger partial charge in [-0.05, 0) is 29.7 Å². The van der Waals surface area contributed by atoms with E-state index in [-0.39, 0.29) is 0 Å². The van der Waals surface area contributed by atoms with Crippen LogP contribution in [0, 0.1) is 23.2 Å². The lowest BCUT2D eigenvalue weighted by atomic mass is 9.76. The van der Waals surface area contributed by atoms with E-state index in [9.17, 15) is 0 Å². The topological polar surface area (TPSA) is 12.0 Å². The number of fused-ring (bicyclic) bond motifs is 2. The van der Waals surface area contributed by atoms with Crippen LogP contribution in [-0.2, 0) is 0 Å². The van der Waals surface area contributed by atoms with E-state index in [0.717, 1.165) is 23.8 Å². The van der Waals surface area contributed by atoms with Crippen LogP contribution in [0.15, 0.2) is 0 Å². The van der Waals surface area contributed by atoms with Crippen molar-refractivity contribution in [3.05, 3.63) is 0 Å². The van der Waals surface area contributed by atoms with E-state index in [1.807, 2.05) is 0 Å². The van der Waals surface area contributed by atoms with E-state index in [2.05, 4.69) is 33.0 Å². The van der Waals surface area contributed by atoms with Crippen molar-refractivity contribution in [3.63, 3.8) is 0 Å². The summed E-state index contributed by atoms with van der Waals surface area (Å²) in [6.45, 7) is 10.9. The Labute approximate surface area is 69.6 Å². The fourth-order valence-electron chi connectivity index (χ4n) is 3.29. The van der Waals surface area contributed by atoms with Gasteiger partial charge in [-0.15, -0.1) is 0 Å². The Hall–Kier alpha value is -0.0400. The van der Waals surface area contributed by atoms with Gasteiger partial charge in [-0.1, -0.05) is 27.7 Å². The Morgan fingerprint density at radius 1 is 1.27 bits per heavy atom. The maximum Gasteiger partial charge on any atom is 0.0150 e. The van der Waals surface area contributed by atoms with Crippen LogP contribution in [0.25, 0.3) is 0 Å². The van der Waals surface area contributed by atoms with E-state index < -0.39 is 0 Å². The first-order valence-corrected chi connectivity index (χ1v) is 4.78. The smallest absolute Gasteiger partial charge is 0.0150 e. The normalized spacial score (nSPS) is 53.5. The number of nitrogens with one attached hydrogen (secondary N) is 1. The van der Waals surface area contributed by atoms with Crippen molar-refractivity contribution >= 4 is 0 Å². The van der Waals surface area contributed by atoms with E-state index in [1.165, 1.54) is 6.54 Å². The molecule has 1 saturated heterocycles. The van der Waals surface area contributed by atoms with Crippen LogP contribution in [0.2, 0.25) is 0 Å². The number of hydrogen-bond donors (Lipinski definition) is 1. The van der Waals surface area contributed by atoms with Crippen LogP contribution in [0.4, 0.5) is 0 Å². The molecule has 0 spiro atoms. The predicted octanol–water partition coefficient (Wildman–Crippen LogP) is 1.89. The fourth-order valence-corrected chi connectivity index (χ4v) is 3.29. The Morgan fingerprint density at radius 2 is 1.91 bits per heavy atom. The maximum atomic E-state index is 3.63. The largest absolute Gasteiger partial charge is 0.313 e. The van der Waals surface area contributed by atoms with Gasteiger partial charge in [0.25, 0.3) is 0 Å². The third kappa shape index (κ3) is 0.752. The molecule has 2 fully saturated rings. The molecular formula is C10H19N. The molecule has 64 valence electrons. The summed E-state index contributed by atoms with van der Waals surface area (Å²) in [5.74, 6) is 2.75. The van der Waals surface area contributed by atoms with E-state index in [4.69, 9.17) is 0 Å². The highest BCUT2D eigenvalue weighted by atomic mass is 15.0. The summed E-state index contributed by atoms with van der Waals surface area (Å²) in [4.78, 5) is 0. The highest BCUT2D eigenvalue weighted by molar-refractivity contribution is 5.08. The average Bonchev–Trinajstić information content (AvgIpc) is 2.34. The minimum Gasteiger partial charge on any atom is -0.313 e. The molecule has 2 rings (SSSR count). The first-order chi connectivity index (χ1) is 5.05. The SMILES string of the molecule is CC1C2CNC1C(C)(C)C2C. The molecule has 0 aromatic heterocycles. The minimum atomic E-state index is 0.530. The Morgan fingerprint density at radius 3 is 2.18 bits per heavy atom. The van der Waals surface area contributed by atoms with E-state index >= 15 is 0 Å². The predicted molar refractivity (Wildman–Crippen MR) is 47.4 cm³/mol. The number of hydrogen-bond acceptors (Lipinski definition) is 1. The summed E-state index contributed by atoms with van der Waals surface area (Å²) in [5.41, 5.74) is 0.530. The molecule has 11 heavy (non-hydrogen) atoms. The van der Waals surface area contributed by atoms with Crippen molar-refractivity contribution in [1.82, 2.24) is 5.32 Å². The van der Waals surface area contributed by atoms with Crippen LogP contribution in [0.3, 0.4) is 0 Å². The fraction of sp³-hybridized carbons (Fsp3) is 1.00. The Bertz CT molecular complexity index is 174. The molecule has 1 aliphatic carbocycles. The lowest BCUT2D eigenvalue weighted by Crippen LogP contribution is -2.44. The summed E-state index contributed by atoms with van der Waals surface area (Å²) in [6, 6.07) is 0.780. The van der Waals surface area contributed by atoms with Crippen LogP contribution in [0.1, 0.15) is 27.7 Å². The molecule has 0 amide bonds. The van der Waals surface area contributed by atoms with Gasteiger partial charge in [0, 0.05) is 6.04 Å². The zero-order chi connectivity index (χ0) is 8.22. The standard InChI is InChI=1S/C10H19N/c1-6-8-5-11-9(6)10(3,4)7(8)2/h6-9,11H,5H2,1-4H3. The van der Waals surface area contributed by atoms with Crippen molar-refractivity contribution in [2.45, 2.75) is 33.7 Å². The number of piperidine rings is 1. The third-order valence-corrected chi connectivity index (χ3v) is 4.39. The minimum absolute atomic E-state index is 0.530. The number of rotatable bonds is 0. The van der Waals surface area contributed by atoms with Crippen molar-refractivity contribution in [2.75, 3.05) is 6.54 Å². The Balaban J connectivity index is 2.31. The van der Waals surface area contributed by atoms with Gasteiger partial charge in [0.05, 0.1) is 0 Å². The molecule has 1 nitrogen and oxygen atoms in total. The highest BCUT2D eigenvalue weighted by Gasteiger charge is 2.54. The molecule has 4 unspecified atom stereocenters. The third-order valence-electron chi connectivity index (χ3n) is 4.39. The van der Waals surface area contributed by atoms with Crippen LogP contribution < -0.4 is 5.32 Å². The summed E-state index contributed by atoms with van der Waals surface area (Å²) < 4.78 is 0. The summed E-state index contributed by atoms with van der Waals surface area (Å²) in [6.07, 6.45) is 0. The van der Waals surface area contributed by atoms with Crippen molar-refractivity contribution in [2.24, 2.45) is 23.2 Å². The molecule has 1 aliphatic heterocycles.